The lowest BCUT2D eigenvalue weighted by Crippen LogP contribution is -2.51. The monoisotopic (exact) mass is 284 g/mol. The molecular formula is C16H32N2O2. The normalized spacial score (nSPS) is 22.6. The van der Waals surface area contributed by atoms with Crippen molar-refractivity contribution in [1.29, 1.82) is 0 Å². The van der Waals surface area contributed by atoms with Gasteiger partial charge in [0.15, 0.2) is 0 Å². The van der Waals surface area contributed by atoms with Crippen LogP contribution in [0, 0.1) is 5.92 Å². The van der Waals surface area contributed by atoms with Crippen molar-refractivity contribution in [1.82, 2.24) is 10.2 Å². The first-order valence-electron chi connectivity index (χ1n) is 7.73. The number of ether oxygens (including phenoxy) is 1. The Morgan fingerprint density at radius 2 is 1.85 bits per heavy atom. The maximum Gasteiger partial charge on any atom is 0.410 e. The van der Waals surface area contributed by atoms with Crippen LogP contribution in [0.4, 0.5) is 4.79 Å². The van der Waals surface area contributed by atoms with Crippen LogP contribution in [0.5, 0.6) is 0 Å². The fourth-order valence-electron chi connectivity index (χ4n) is 2.71. The molecule has 1 heterocycles. The summed E-state index contributed by atoms with van der Waals surface area (Å²) in [7, 11) is 0. The van der Waals surface area contributed by atoms with Gasteiger partial charge in [0.2, 0.25) is 0 Å². The van der Waals surface area contributed by atoms with Crippen molar-refractivity contribution >= 4 is 6.09 Å². The molecule has 0 aliphatic carbocycles. The SMILES string of the molecule is CC(NC(C)(C)C)C1CCCN(C(=O)OC(C)(C)C)C1. The predicted octanol–water partition coefficient (Wildman–Crippen LogP) is 3.41. The second-order valence-corrected chi connectivity index (χ2v) is 8.01. The van der Waals surface area contributed by atoms with Crippen LogP contribution < -0.4 is 5.32 Å². The molecule has 0 aromatic heterocycles. The highest BCUT2D eigenvalue weighted by atomic mass is 16.6. The standard InChI is InChI=1S/C16H32N2O2/c1-12(17-15(2,3)4)13-9-8-10-18(11-13)14(19)20-16(5,6)7/h12-13,17H,8-11H2,1-7H3. The summed E-state index contributed by atoms with van der Waals surface area (Å²) >= 11 is 0. The van der Waals surface area contributed by atoms with E-state index in [2.05, 4.69) is 33.0 Å². The maximum absolute atomic E-state index is 12.2. The molecule has 1 aliphatic heterocycles. The van der Waals surface area contributed by atoms with Crippen molar-refractivity contribution in [2.45, 2.75) is 78.5 Å². The first-order chi connectivity index (χ1) is 8.98. The van der Waals surface area contributed by atoms with E-state index in [0.29, 0.717) is 12.0 Å². The van der Waals surface area contributed by atoms with Gasteiger partial charge in [-0.3, -0.25) is 0 Å². The third-order valence-electron chi connectivity index (χ3n) is 3.48. The number of carbonyl (C=O) groups excluding carboxylic acids is 1. The maximum atomic E-state index is 12.2. The van der Waals surface area contributed by atoms with Crippen molar-refractivity contribution in [2.75, 3.05) is 13.1 Å². The van der Waals surface area contributed by atoms with E-state index in [-0.39, 0.29) is 11.6 Å². The average molecular weight is 284 g/mol. The highest BCUT2D eigenvalue weighted by molar-refractivity contribution is 5.68. The molecule has 118 valence electrons. The molecule has 2 atom stereocenters. The van der Waals surface area contributed by atoms with E-state index in [1.165, 1.54) is 6.42 Å². The topological polar surface area (TPSA) is 41.6 Å². The number of hydrogen-bond acceptors (Lipinski definition) is 3. The molecule has 0 bridgehead atoms. The molecule has 1 aliphatic rings. The largest absolute Gasteiger partial charge is 0.444 e. The van der Waals surface area contributed by atoms with E-state index in [0.717, 1.165) is 19.5 Å². The molecule has 1 fully saturated rings. The number of likely N-dealkylation sites (tertiary alicyclic amines) is 1. The molecule has 0 saturated carbocycles. The first-order valence-corrected chi connectivity index (χ1v) is 7.73. The Kier molecular flexibility index (Phi) is 5.47. The zero-order valence-electron chi connectivity index (χ0n) is 14.2. The van der Waals surface area contributed by atoms with Gasteiger partial charge in [0.1, 0.15) is 5.60 Å². The van der Waals surface area contributed by atoms with E-state index in [1.54, 1.807) is 0 Å². The molecule has 2 unspecified atom stereocenters. The van der Waals surface area contributed by atoms with Crippen LogP contribution >= 0.6 is 0 Å². The average Bonchev–Trinajstić information content (AvgIpc) is 2.24. The molecule has 0 spiro atoms. The Morgan fingerprint density at radius 1 is 1.25 bits per heavy atom. The molecule has 0 radical (unpaired) electrons. The Labute approximate surface area is 124 Å². The summed E-state index contributed by atoms with van der Waals surface area (Å²) < 4.78 is 5.47. The minimum Gasteiger partial charge on any atom is -0.444 e. The van der Waals surface area contributed by atoms with Gasteiger partial charge in [-0.15, -0.1) is 0 Å². The van der Waals surface area contributed by atoms with Crippen molar-refractivity contribution in [2.24, 2.45) is 5.92 Å². The molecule has 20 heavy (non-hydrogen) atoms. The second-order valence-electron chi connectivity index (χ2n) is 8.01. The lowest BCUT2D eigenvalue weighted by molar-refractivity contribution is 0.0143. The first kappa shape index (κ1) is 17.3. The van der Waals surface area contributed by atoms with E-state index in [1.807, 2.05) is 25.7 Å². The predicted molar refractivity (Wildman–Crippen MR) is 82.9 cm³/mol. The summed E-state index contributed by atoms with van der Waals surface area (Å²) in [5.74, 6) is 0.496. The molecule has 1 saturated heterocycles. The summed E-state index contributed by atoms with van der Waals surface area (Å²) in [5, 5.41) is 3.62. The highest BCUT2D eigenvalue weighted by Crippen LogP contribution is 2.23. The lowest BCUT2D eigenvalue weighted by atomic mass is 9.90. The summed E-state index contributed by atoms with van der Waals surface area (Å²) in [6, 6.07) is 0.403. The van der Waals surface area contributed by atoms with Gasteiger partial charge < -0.3 is 15.0 Å². The van der Waals surface area contributed by atoms with Gasteiger partial charge in [-0.25, -0.2) is 4.79 Å². The quantitative estimate of drug-likeness (QED) is 0.845. The Morgan fingerprint density at radius 3 is 2.35 bits per heavy atom. The Bertz CT molecular complexity index is 328. The molecule has 1 rings (SSSR count). The minimum atomic E-state index is -0.417. The van der Waals surface area contributed by atoms with Crippen LogP contribution in [0.3, 0.4) is 0 Å². The van der Waals surface area contributed by atoms with Gasteiger partial charge in [0.25, 0.3) is 0 Å². The molecule has 1 amide bonds. The van der Waals surface area contributed by atoms with Crippen LogP contribution in [0.1, 0.15) is 61.3 Å². The summed E-state index contributed by atoms with van der Waals surface area (Å²) in [4.78, 5) is 14.0. The van der Waals surface area contributed by atoms with Crippen LogP contribution in [0.15, 0.2) is 0 Å². The summed E-state index contributed by atoms with van der Waals surface area (Å²) in [6.45, 7) is 16.1. The van der Waals surface area contributed by atoms with Crippen molar-refractivity contribution < 1.29 is 9.53 Å². The van der Waals surface area contributed by atoms with Gasteiger partial charge in [-0.1, -0.05) is 0 Å². The smallest absolute Gasteiger partial charge is 0.410 e. The Hall–Kier alpha value is -0.770. The van der Waals surface area contributed by atoms with Crippen molar-refractivity contribution in [3.05, 3.63) is 0 Å². The van der Waals surface area contributed by atoms with Crippen molar-refractivity contribution in [3.63, 3.8) is 0 Å². The number of nitrogens with zero attached hydrogens (tertiary/aromatic N) is 1. The number of piperidine rings is 1. The van der Waals surface area contributed by atoms with Crippen LogP contribution in [0.2, 0.25) is 0 Å². The summed E-state index contributed by atoms with van der Waals surface area (Å²) in [6.07, 6.45) is 2.05. The van der Waals surface area contributed by atoms with Crippen molar-refractivity contribution in [3.8, 4) is 0 Å². The fourth-order valence-corrected chi connectivity index (χ4v) is 2.71. The zero-order valence-corrected chi connectivity index (χ0v) is 14.2. The Balaban J connectivity index is 2.56. The lowest BCUT2D eigenvalue weighted by Gasteiger charge is -2.39. The molecule has 0 aromatic rings. The van der Waals surface area contributed by atoms with Gasteiger partial charge in [0, 0.05) is 24.7 Å². The number of hydrogen-bond donors (Lipinski definition) is 1. The number of nitrogens with one attached hydrogen (secondary N) is 1. The van der Waals surface area contributed by atoms with Crippen LogP contribution in [-0.2, 0) is 4.74 Å². The van der Waals surface area contributed by atoms with E-state index in [9.17, 15) is 4.79 Å². The number of carbonyl (C=O) groups is 1. The van der Waals surface area contributed by atoms with Gasteiger partial charge in [0.05, 0.1) is 0 Å². The zero-order chi connectivity index (χ0) is 15.6. The minimum absolute atomic E-state index is 0.105. The third kappa shape index (κ3) is 6.12. The van der Waals surface area contributed by atoms with Gasteiger partial charge in [-0.2, -0.15) is 0 Å². The molecule has 4 heteroatoms. The van der Waals surface area contributed by atoms with E-state index in [4.69, 9.17) is 4.74 Å². The molecule has 0 aromatic carbocycles. The van der Waals surface area contributed by atoms with Crippen LogP contribution in [0.25, 0.3) is 0 Å². The number of rotatable bonds is 2. The molecule has 4 nitrogen and oxygen atoms in total. The van der Waals surface area contributed by atoms with E-state index < -0.39 is 5.60 Å². The fraction of sp³-hybridized carbons (Fsp3) is 0.938. The van der Waals surface area contributed by atoms with Crippen LogP contribution in [-0.4, -0.2) is 41.3 Å². The second kappa shape index (κ2) is 6.33. The van der Waals surface area contributed by atoms with Gasteiger partial charge >= 0.3 is 6.09 Å². The molecule has 1 N–H and O–H groups in total. The summed E-state index contributed by atoms with van der Waals surface area (Å²) in [5.41, 5.74) is -0.313. The number of amides is 1. The third-order valence-corrected chi connectivity index (χ3v) is 3.48. The van der Waals surface area contributed by atoms with E-state index >= 15 is 0 Å². The van der Waals surface area contributed by atoms with Gasteiger partial charge in [-0.05, 0) is 67.2 Å². The molecular weight excluding hydrogens is 252 g/mol. The highest BCUT2D eigenvalue weighted by Gasteiger charge is 2.31.